The summed E-state index contributed by atoms with van der Waals surface area (Å²) in [5, 5.41) is 3.70. The van der Waals surface area contributed by atoms with Gasteiger partial charge in [-0.3, -0.25) is 9.36 Å². The van der Waals surface area contributed by atoms with Crippen LogP contribution in [0.4, 0.5) is 5.69 Å². The van der Waals surface area contributed by atoms with Crippen LogP contribution in [0.1, 0.15) is 10.4 Å². The van der Waals surface area contributed by atoms with Crippen LogP contribution in [0.15, 0.2) is 85.6 Å². The number of benzene rings is 2. The van der Waals surface area contributed by atoms with Crippen molar-refractivity contribution in [2.45, 2.75) is 0 Å². The van der Waals surface area contributed by atoms with Crippen molar-refractivity contribution < 1.29 is 14.3 Å². The second kappa shape index (κ2) is 9.03. The Morgan fingerprint density at radius 1 is 0.971 bits per heavy atom. The first-order chi connectivity index (χ1) is 16.7. The summed E-state index contributed by atoms with van der Waals surface area (Å²) in [5.74, 6) is 1.67. The molecule has 3 aromatic heterocycles. The lowest BCUT2D eigenvalue weighted by atomic mass is 10.0. The lowest BCUT2D eigenvalue weighted by Crippen LogP contribution is -2.13. The summed E-state index contributed by atoms with van der Waals surface area (Å²) in [6, 6.07) is 18.5. The maximum Gasteiger partial charge on any atom is 0.256 e. The highest BCUT2D eigenvalue weighted by molar-refractivity contribution is 6.13. The third kappa shape index (κ3) is 4.04. The lowest BCUT2D eigenvalue weighted by Gasteiger charge is -2.13. The van der Waals surface area contributed by atoms with Gasteiger partial charge in [0.25, 0.3) is 5.91 Å². The highest BCUT2D eigenvalue weighted by Crippen LogP contribution is 2.33. The van der Waals surface area contributed by atoms with E-state index < -0.39 is 0 Å². The molecular weight excluding hydrogens is 430 g/mol. The minimum atomic E-state index is -0.252. The number of hydrogen-bond donors (Lipinski definition) is 1. The average molecular weight is 451 g/mol. The number of methoxy groups -OCH3 is 2. The van der Waals surface area contributed by atoms with Gasteiger partial charge >= 0.3 is 0 Å². The van der Waals surface area contributed by atoms with E-state index in [9.17, 15) is 4.79 Å². The van der Waals surface area contributed by atoms with Gasteiger partial charge in [0, 0.05) is 23.3 Å². The van der Waals surface area contributed by atoms with E-state index in [1.54, 1.807) is 55.8 Å². The zero-order valence-corrected chi connectivity index (χ0v) is 18.6. The smallest absolute Gasteiger partial charge is 0.256 e. The van der Waals surface area contributed by atoms with Crippen molar-refractivity contribution in [2.24, 2.45) is 0 Å². The molecule has 0 aliphatic rings. The van der Waals surface area contributed by atoms with Crippen molar-refractivity contribution >= 4 is 22.5 Å². The summed E-state index contributed by atoms with van der Waals surface area (Å²) in [7, 11) is 3.17. The molecule has 0 atom stereocenters. The van der Waals surface area contributed by atoms with Crippen LogP contribution < -0.4 is 14.8 Å². The van der Waals surface area contributed by atoms with Gasteiger partial charge in [-0.1, -0.05) is 18.2 Å². The number of nitrogens with zero attached hydrogens (tertiary/aromatic N) is 4. The molecular formula is C26H21N5O3. The molecule has 0 unspecified atom stereocenters. The van der Waals surface area contributed by atoms with Crippen LogP contribution in [0.3, 0.4) is 0 Å². The number of carbonyl (C=O) groups excluding carboxylic acids is 1. The molecule has 0 bridgehead atoms. The second-order valence-corrected chi connectivity index (χ2v) is 7.47. The summed E-state index contributed by atoms with van der Waals surface area (Å²) in [6.45, 7) is 0. The number of fused-ring (bicyclic) bond motifs is 1. The number of carbonyl (C=O) groups is 1. The molecule has 8 heteroatoms. The van der Waals surface area contributed by atoms with Crippen LogP contribution in [0.2, 0.25) is 0 Å². The number of imidazole rings is 1. The molecule has 8 nitrogen and oxygen atoms in total. The number of anilines is 1. The van der Waals surface area contributed by atoms with Gasteiger partial charge in [0.2, 0.25) is 0 Å². The van der Waals surface area contributed by atoms with Crippen LogP contribution in [0.5, 0.6) is 11.5 Å². The highest BCUT2D eigenvalue weighted by Gasteiger charge is 2.16. The van der Waals surface area contributed by atoms with Crippen LogP contribution in [0, 0.1) is 0 Å². The molecule has 1 N–H and O–H groups in total. The lowest BCUT2D eigenvalue weighted by molar-refractivity contribution is 0.102. The van der Waals surface area contributed by atoms with E-state index in [-0.39, 0.29) is 5.91 Å². The molecule has 1 amide bonds. The maximum absolute atomic E-state index is 13.3. The fraction of sp³-hybridized carbons (Fsp3) is 0.0769. The quantitative estimate of drug-likeness (QED) is 0.401. The van der Waals surface area contributed by atoms with E-state index in [2.05, 4.69) is 15.3 Å². The van der Waals surface area contributed by atoms with E-state index >= 15 is 0 Å². The number of rotatable bonds is 6. The second-order valence-electron chi connectivity index (χ2n) is 7.47. The fourth-order valence-corrected chi connectivity index (χ4v) is 3.71. The zero-order chi connectivity index (χ0) is 23.5. The number of pyridine rings is 2. The summed E-state index contributed by atoms with van der Waals surface area (Å²) < 4.78 is 12.6. The molecule has 5 rings (SSSR count). The van der Waals surface area contributed by atoms with Gasteiger partial charge < -0.3 is 14.8 Å². The number of hydrogen-bond acceptors (Lipinski definition) is 6. The van der Waals surface area contributed by atoms with Gasteiger partial charge in [0.1, 0.15) is 12.1 Å². The third-order valence-electron chi connectivity index (χ3n) is 5.41. The van der Waals surface area contributed by atoms with E-state index in [4.69, 9.17) is 14.5 Å². The molecule has 34 heavy (non-hydrogen) atoms. The van der Waals surface area contributed by atoms with Crippen molar-refractivity contribution in [1.82, 2.24) is 19.5 Å². The van der Waals surface area contributed by atoms with Crippen LogP contribution in [0.25, 0.3) is 28.0 Å². The third-order valence-corrected chi connectivity index (χ3v) is 5.41. The molecule has 0 fully saturated rings. The molecule has 0 spiro atoms. The van der Waals surface area contributed by atoms with Crippen molar-refractivity contribution in [3.63, 3.8) is 0 Å². The molecule has 5 aromatic rings. The number of ether oxygens (including phenoxy) is 2. The van der Waals surface area contributed by atoms with E-state index in [1.165, 1.54) is 0 Å². The summed E-state index contributed by atoms with van der Waals surface area (Å²) >= 11 is 0. The molecule has 0 saturated heterocycles. The Bertz CT molecular complexity index is 1460. The van der Waals surface area contributed by atoms with E-state index in [0.717, 1.165) is 10.9 Å². The Hall–Kier alpha value is -4.72. The minimum absolute atomic E-state index is 0.252. The Morgan fingerprint density at radius 3 is 2.56 bits per heavy atom. The summed E-state index contributed by atoms with van der Waals surface area (Å²) in [4.78, 5) is 26.5. The van der Waals surface area contributed by atoms with Gasteiger partial charge in [0.15, 0.2) is 11.5 Å². The van der Waals surface area contributed by atoms with Crippen LogP contribution >= 0.6 is 0 Å². The number of nitrogens with one attached hydrogen (secondary N) is 1. The maximum atomic E-state index is 13.3. The molecule has 3 heterocycles. The standard InChI is InChI=1S/C26H21N5O3/c1-33-23-9-7-17(13-24(23)34-2)22-14-20(19-5-3-4-6-21(19)30-22)26(32)29-18-8-10-25(28-15-18)31-12-11-27-16-31/h3-16H,1-2H3,(H,29,32). The first-order valence-corrected chi connectivity index (χ1v) is 10.5. The molecule has 0 radical (unpaired) electrons. The normalized spacial score (nSPS) is 10.8. The summed E-state index contributed by atoms with van der Waals surface area (Å²) in [5.41, 5.74) is 3.27. The van der Waals surface area contributed by atoms with Gasteiger partial charge in [-0.2, -0.15) is 0 Å². The highest BCUT2D eigenvalue weighted by atomic mass is 16.5. The molecule has 168 valence electrons. The first-order valence-electron chi connectivity index (χ1n) is 10.5. The predicted octanol–water partition coefficient (Wildman–Crippen LogP) is 4.75. The molecule has 0 aliphatic carbocycles. The summed E-state index contributed by atoms with van der Waals surface area (Å²) in [6.07, 6.45) is 6.77. The van der Waals surface area contributed by atoms with Crippen molar-refractivity contribution in [1.29, 1.82) is 0 Å². The van der Waals surface area contributed by atoms with Gasteiger partial charge in [-0.15, -0.1) is 0 Å². The molecule has 2 aromatic carbocycles. The van der Waals surface area contributed by atoms with E-state index in [0.29, 0.717) is 39.8 Å². The van der Waals surface area contributed by atoms with Gasteiger partial charge in [0.05, 0.1) is 42.9 Å². The van der Waals surface area contributed by atoms with Crippen LogP contribution in [-0.4, -0.2) is 39.6 Å². The topological polar surface area (TPSA) is 91.2 Å². The Labute approximate surface area is 195 Å². The molecule has 0 saturated carbocycles. The Kier molecular flexibility index (Phi) is 5.61. The van der Waals surface area contributed by atoms with Gasteiger partial charge in [-0.05, 0) is 42.5 Å². The predicted molar refractivity (Wildman–Crippen MR) is 130 cm³/mol. The largest absolute Gasteiger partial charge is 0.493 e. The average Bonchev–Trinajstić information content (AvgIpc) is 3.43. The number of para-hydroxylation sites is 1. The molecule has 0 aliphatic heterocycles. The Morgan fingerprint density at radius 2 is 1.82 bits per heavy atom. The fourth-order valence-electron chi connectivity index (χ4n) is 3.71. The number of aromatic nitrogens is 4. The minimum Gasteiger partial charge on any atom is -0.493 e. The van der Waals surface area contributed by atoms with Crippen molar-refractivity contribution in [3.8, 4) is 28.6 Å². The van der Waals surface area contributed by atoms with Gasteiger partial charge in [-0.25, -0.2) is 15.0 Å². The SMILES string of the molecule is COc1ccc(-c2cc(C(=O)Nc3ccc(-n4ccnc4)nc3)c3ccccc3n2)cc1OC. The Balaban J connectivity index is 1.51. The monoisotopic (exact) mass is 451 g/mol. The van der Waals surface area contributed by atoms with Crippen molar-refractivity contribution in [3.05, 3.63) is 91.1 Å². The van der Waals surface area contributed by atoms with Crippen LogP contribution in [-0.2, 0) is 0 Å². The van der Waals surface area contributed by atoms with E-state index in [1.807, 2.05) is 48.5 Å². The zero-order valence-electron chi connectivity index (χ0n) is 18.6. The van der Waals surface area contributed by atoms with Crippen molar-refractivity contribution in [2.75, 3.05) is 19.5 Å². The number of amides is 1. The first kappa shape index (κ1) is 21.1.